The molecule has 2 aliphatic carbocycles. The van der Waals surface area contributed by atoms with Crippen molar-refractivity contribution in [2.75, 3.05) is 18.6 Å². The summed E-state index contributed by atoms with van der Waals surface area (Å²) < 4.78 is 5.94. The van der Waals surface area contributed by atoms with E-state index in [4.69, 9.17) is 4.74 Å². The van der Waals surface area contributed by atoms with E-state index < -0.39 is 0 Å². The molecule has 2 saturated carbocycles. The number of hydrogen-bond donors (Lipinski definition) is 0. The fourth-order valence-corrected chi connectivity index (χ4v) is 5.15. The third-order valence-electron chi connectivity index (χ3n) is 5.11. The van der Waals surface area contributed by atoms with E-state index in [2.05, 4.69) is 29.5 Å². The Bertz CT molecular complexity index is 618. The lowest BCUT2D eigenvalue weighted by atomic mass is 9.82. The molecule has 24 heavy (non-hydrogen) atoms. The summed E-state index contributed by atoms with van der Waals surface area (Å²) in [7, 11) is 1.40. The first-order valence-corrected chi connectivity index (χ1v) is 10.6. The molecule has 0 N–H and O–H groups in total. The van der Waals surface area contributed by atoms with E-state index in [-0.39, 0.29) is 17.8 Å². The molecule has 0 radical (unpaired) electrons. The Morgan fingerprint density at radius 1 is 1.25 bits per heavy atom. The number of rotatable bonds is 5. The number of carbonyl (C=O) groups is 2. The average molecular weight is 461 g/mol. The number of carbonyl (C=O) groups excluding carboxylic acids is 2. The molecule has 0 saturated heterocycles. The lowest BCUT2D eigenvalue weighted by Crippen LogP contribution is -2.39. The van der Waals surface area contributed by atoms with Crippen LogP contribution in [0.2, 0.25) is 0 Å². The molecule has 2 fully saturated rings. The number of methoxy groups -OCH3 is 1. The van der Waals surface area contributed by atoms with E-state index in [1.807, 2.05) is 11.0 Å². The molecule has 1 aromatic heterocycles. The van der Waals surface area contributed by atoms with Crippen molar-refractivity contribution in [3.63, 3.8) is 0 Å². The highest BCUT2D eigenvalue weighted by Crippen LogP contribution is 2.39. The van der Waals surface area contributed by atoms with Crippen LogP contribution >= 0.6 is 33.9 Å². The number of amides is 1. The second kappa shape index (κ2) is 7.72. The third kappa shape index (κ3) is 4.12. The molecule has 0 atom stereocenters. The van der Waals surface area contributed by atoms with Crippen LogP contribution in [0.4, 0.5) is 5.69 Å². The van der Waals surface area contributed by atoms with E-state index in [0.717, 1.165) is 46.7 Å². The van der Waals surface area contributed by atoms with Crippen LogP contribution in [-0.2, 0) is 9.53 Å². The number of hydrogen-bond acceptors (Lipinski definition) is 4. The van der Waals surface area contributed by atoms with Gasteiger partial charge in [0.2, 0.25) is 5.91 Å². The van der Waals surface area contributed by atoms with E-state index >= 15 is 0 Å². The number of ether oxygens (including phenoxy) is 1. The second-order valence-electron chi connectivity index (χ2n) is 7.11. The first-order valence-electron chi connectivity index (χ1n) is 8.68. The minimum atomic E-state index is -0.344. The molecule has 0 aliphatic heterocycles. The van der Waals surface area contributed by atoms with Gasteiger partial charge in [-0.1, -0.05) is 6.92 Å². The first-order chi connectivity index (χ1) is 11.5. The molecule has 4 nitrogen and oxygen atoms in total. The molecular formula is C18H24INO3S. The van der Waals surface area contributed by atoms with Crippen molar-refractivity contribution in [2.45, 2.75) is 45.4 Å². The van der Waals surface area contributed by atoms with Crippen LogP contribution in [-0.4, -0.2) is 25.5 Å². The number of thiophene rings is 1. The van der Waals surface area contributed by atoms with Crippen molar-refractivity contribution < 1.29 is 14.3 Å². The smallest absolute Gasteiger partial charge is 0.350 e. The largest absolute Gasteiger partial charge is 0.465 e. The Hall–Kier alpha value is -0.630. The summed E-state index contributed by atoms with van der Waals surface area (Å²) in [5.74, 6) is 1.26. The lowest BCUT2D eigenvalue weighted by Gasteiger charge is -2.31. The topological polar surface area (TPSA) is 46.6 Å². The second-order valence-corrected chi connectivity index (χ2v) is 10.1. The minimum absolute atomic E-state index is 0.100. The fraction of sp³-hybridized carbons (Fsp3) is 0.667. The van der Waals surface area contributed by atoms with Gasteiger partial charge in [-0.15, -0.1) is 11.3 Å². The minimum Gasteiger partial charge on any atom is -0.465 e. The number of anilines is 1. The standard InChI is InChI=1S/C18H24INO3S/c1-11-3-7-13(8-4-11)17(21)20(10-12-5-6-12)14-9-15(19)24-16(14)18(22)23-2/h9,11-13H,3-8,10H2,1-2H3/t11-,13-. The molecule has 0 aromatic carbocycles. The highest BCUT2D eigenvalue weighted by molar-refractivity contribution is 14.1. The quantitative estimate of drug-likeness (QED) is 0.472. The monoisotopic (exact) mass is 461 g/mol. The van der Waals surface area contributed by atoms with Crippen LogP contribution in [0.15, 0.2) is 6.07 Å². The zero-order chi connectivity index (χ0) is 17.3. The zero-order valence-corrected chi connectivity index (χ0v) is 17.2. The predicted molar refractivity (Wildman–Crippen MR) is 105 cm³/mol. The SMILES string of the molecule is COC(=O)c1sc(I)cc1N(CC1CC1)C(=O)[C@H]1CC[C@H](C)CC1. The molecule has 0 bridgehead atoms. The molecule has 1 heterocycles. The lowest BCUT2D eigenvalue weighted by molar-refractivity contribution is -0.123. The van der Waals surface area contributed by atoms with Crippen molar-refractivity contribution in [2.24, 2.45) is 17.8 Å². The molecular weight excluding hydrogens is 437 g/mol. The summed E-state index contributed by atoms with van der Waals surface area (Å²) in [5.41, 5.74) is 0.756. The summed E-state index contributed by atoms with van der Waals surface area (Å²) in [6, 6.07) is 1.96. The van der Waals surface area contributed by atoms with Gasteiger partial charge in [0.05, 0.1) is 15.7 Å². The third-order valence-corrected chi connectivity index (χ3v) is 6.98. The van der Waals surface area contributed by atoms with Crippen molar-refractivity contribution >= 4 is 51.5 Å². The first kappa shape index (κ1) is 18.2. The van der Waals surface area contributed by atoms with Gasteiger partial charge < -0.3 is 9.64 Å². The predicted octanol–water partition coefficient (Wildman–Crippen LogP) is 4.71. The normalized spacial score (nSPS) is 23.8. The molecule has 0 spiro atoms. The summed E-state index contributed by atoms with van der Waals surface area (Å²) in [4.78, 5) is 27.8. The fourth-order valence-electron chi connectivity index (χ4n) is 3.38. The van der Waals surface area contributed by atoms with Crippen molar-refractivity contribution in [1.29, 1.82) is 0 Å². The van der Waals surface area contributed by atoms with Crippen molar-refractivity contribution in [1.82, 2.24) is 0 Å². The zero-order valence-electron chi connectivity index (χ0n) is 14.2. The van der Waals surface area contributed by atoms with Gasteiger partial charge in [-0.3, -0.25) is 4.79 Å². The molecule has 1 amide bonds. The summed E-state index contributed by atoms with van der Waals surface area (Å²) in [6.07, 6.45) is 6.55. The van der Waals surface area contributed by atoms with Crippen LogP contribution in [0.3, 0.4) is 0 Å². The van der Waals surface area contributed by atoms with E-state index in [1.54, 1.807) is 0 Å². The number of nitrogens with zero attached hydrogens (tertiary/aromatic N) is 1. The Morgan fingerprint density at radius 3 is 2.50 bits per heavy atom. The van der Waals surface area contributed by atoms with Gasteiger partial charge in [-0.25, -0.2) is 4.79 Å². The highest BCUT2D eigenvalue weighted by Gasteiger charge is 2.35. The van der Waals surface area contributed by atoms with Crippen LogP contribution in [0.1, 0.15) is 55.1 Å². The van der Waals surface area contributed by atoms with Crippen molar-refractivity contribution in [3.05, 3.63) is 13.8 Å². The summed E-state index contributed by atoms with van der Waals surface area (Å²) in [6.45, 7) is 3.00. The van der Waals surface area contributed by atoms with Crippen LogP contribution in [0.5, 0.6) is 0 Å². The summed E-state index contributed by atoms with van der Waals surface area (Å²) >= 11 is 3.62. The number of halogens is 1. The maximum atomic E-state index is 13.2. The summed E-state index contributed by atoms with van der Waals surface area (Å²) in [5, 5.41) is 0. The van der Waals surface area contributed by atoms with Gasteiger partial charge in [0, 0.05) is 12.5 Å². The Kier molecular flexibility index (Phi) is 5.85. The van der Waals surface area contributed by atoms with Gasteiger partial charge in [0.1, 0.15) is 4.88 Å². The average Bonchev–Trinajstić information content (AvgIpc) is 3.32. The van der Waals surface area contributed by atoms with Gasteiger partial charge >= 0.3 is 5.97 Å². The van der Waals surface area contributed by atoms with Gasteiger partial charge in [0.25, 0.3) is 0 Å². The molecule has 2 aliphatic rings. The Labute approximate surface area is 161 Å². The number of esters is 1. The molecule has 1 aromatic rings. The van der Waals surface area contributed by atoms with Crippen LogP contribution in [0.25, 0.3) is 0 Å². The Morgan fingerprint density at radius 2 is 1.92 bits per heavy atom. The van der Waals surface area contributed by atoms with Crippen LogP contribution < -0.4 is 4.90 Å². The molecule has 0 unspecified atom stereocenters. The van der Waals surface area contributed by atoms with E-state index in [9.17, 15) is 9.59 Å². The van der Waals surface area contributed by atoms with Gasteiger partial charge in [-0.2, -0.15) is 0 Å². The van der Waals surface area contributed by atoms with E-state index in [1.165, 1.54) is 31.3 Å². The maximum absolute atomic E-state index is 13.2. The van der Waals surface area contributed by atoms with E-state index in [0.29, 0.717) is 10.8 Å². The van der Waals surface area contributed by atoms with Crippen molar-refractivity contribution in [3.8, 4) is 0 Å². The molecule has 3 rings (SSSR count). The Balaban J connectivity index is 1.86. The van der Waals surface area contributed by atoms with Gasteiger partial charge in [-0.05, 0) is 79.0 Å². The maximum Gasteiger partial charge on any atom is 0.350 e. The van der Waals surface area contributed by atoms with Gasteiger partial charge in [0.15, 0.2) is 0 Å². The molecule has 6 heteroatoms. The molecule has 132 valence electrons. The highest BCUT2D eigenvalue weighted by atomic mass is 127. The van der Waals surface area contributed by atoms with Crippen LogP contribution in [0, 0.1) is 20.6 Å².